The zero-order valence-corrected chi connectivity index (χ0v) is 13.7. The molecule has 0 radical (unpaired) electrons. The van der Waals surface area contributed by atoms with E-state index < -0.39 is 0 Å². The molecule has 0 aliphatic carbocycles. The molecule has 3 aromatic rings. The van der Waals surface area contributed by atoms with Gasteiger partial charge in [0.05, 0.1) is 19.1 Å². The van der Waals surface area contributed by atoms with E-state index in [1.165, 1.54) is 11.3 Å². The minimum atomic E-state index is -0.196. The van der Waals surface area contributed by atoms with Crippen LogP contribution in [0.25, 0.3) is 27.1 Å². The van der Waals surface area contributed by atoms with Crippen molar-refractivity contribution in [3.63, 3.8) is 0 Å². The van der Waals surface area contributed by atoms with Gasteiger partial charge in [-0.25, -0.2) is 4.98 Å². The zero-order chi connectivity index (χ0) is 16.4. The number of ether oxygens (including phenoxy) is 2. The van der Waals surface area contributed by atoms with Gasteiger partial charge >= 0.3 is 0 Å². The predicted octanol–water partition coefficient (Wildman–Crippen LogP) is 3.67. The van der Waals surface area contributed by atoms with E-state index >= 15 is 0 Å². The fourth-order valence-corrected chi connectivity index (χ4v) is 3.25. The molecule has 6 heteroatoms. The molecule has 2 heterocycles. The summed E-state index contributed by atoms with van der Waals surface area (Å²) in [6, 6.07) is 7.58. The number of thiophene rings is 1. The molecule has 0 atom stereocenters. The van der Waals surface area contributed by atoms with E-state index in [0.29, 0.717) is 28.4 Å². The second-order valence-electron chi connectivity index (χ2n) is 4.83. The molecule has 0 aliphatic heterocycles. The van der Waals surface area contributed by atoms with E-state index in [0.717, 1.165) is 16.9 Å². The Morgan fingerprint density at radius 2 is 2.09 bits per heavy atom. The first-order valence-corrected chi connectivity index (χ1v) is 8.00. The molecule has 5 nitrogen and oxygen atoms in total. The van der Waals surface area contributed by atoms with Gasteiger partial charge in [-0.15, -0.1) is 11.3 Å². The SMILES string of the molecule is C=C(OCC)c1nc2scc(-c3ccc(OC)cc3)c2c(=O)[nH]1. The molecule has 118 valence electrons. The highest BCUT2D eigenvalue weighted by Gasteiger charge is 2.14. The molecular formula is C17H16N2O3S. The van der Waals surface area contributed by atoms with Gasteiger partial charge in [0.1, 0.15) is 10.6 Å². The van der Waals surface area contributed by atoms with Crippen LogP contribution in [0.3, 0.4) is 0 Å². The molecule has 0 amide bonds. The summed E-state index contributed by atoms with van der Waals surface area (Å²) in [5.74, 6) is 1.51. The second-order valence-corrected chi connectivity index (χ2v) is 5.69. The van der Waals surface area contributed by atoms with Crippen LogP contribution in [-0.4, -0.2) is 23.7 Å². The third-order valence-corrected chi connectivity index (χ3v) is 4.30. The molecule has 0 bridgehead atoms. The van der Waals surface area contributed by atoms with E-state index in [2.05, 4.69) is 16.5 Å². The fraction of sp³-hybridized carbons (Fsp3) is 0.176. The van der Waals surface area contributed by atoms with Crippen molar-refractivity contribution in [3.8, 4) is 16.9 Å². The number of rotatable bonds is 5. The van der Waals surface area contributed by atoms with Gasteiger partial charge in [0.15, 0.2) is 11.6 Å². The fourth-order valence-electron chi connectivity index (χ4n) is 2.31. The number of benzene rings is 1. The number of methoxy groups -OCH3 is 1. The van der Waals surface area contributed by atoms with Gasteiger partial charge in [0.2, 0.25) is 0 Å². The van der Waals surface area contributed by atoms with Crippen molar-refractivity contribution in [2.45, 2.75) is 6.92 Å². The molecule has 0 saturated heterocycles. The van der Waals surface area contributed by atoms with Crippen molar-refractivity contribution in [1.82, 2.24) is 9.97 Å². The van der Waals surface area contributed by atoms with Crippen molar-refractivity contribution in [2.24, 2.45) is 0 Å². The molecule has 1 aromatic carbocycles. The van der Waals surface area contributed by atoms with E-state index in [1.54, 1.807) is 7.11 Å². The van der Waals surface area contributed by atoms with Gasteiger partial charge in [0, 0.05) is 10.9 Å². The van der Waals surface area contributed by atoms with Crippen LogP contribution in [0.4, 0.5) is 0 Å². The summed E-state index contributed by atoms with van der Waals surface area (Å²) in [6.45, 7) is 6.11. The molecule has 0 spiro atoms. The summed E-state index contributed by atoms with van der Waals surface area (Å²) in [7, 11) is 1.62. The van der Waals surface area contributed by atoms with Crippen LogP contribution in [0.15, 0.2) is 41.0 Å². The predicted molar refractivity (Wildman–Crippen MR) is 92.9 cm³/mol. The highest BCUT2D eigenvalue weighted by molar-refractivity contribution is 7.17. The monoisotopic (exact) mass is 328 g/mol. The van der Waals surface area contributed by atoms with Gasteiger partial charge in [-0.05, 0) is 24.6 Å². The standard InChI is InChI=1S/C17H16N2O3S/c1-4-22-10(2)15-18-16(20)14-13(9-23-17(14)19-15)11-5-7-12(21-3)8-6-11/h5-9H,2,4H2,1,3H3,(H,18,19,20). The number of hydrogen-bond donors (Lipinski definition) is 1. The molecule has 1 N–H and O–H groups in total. The lowest BCUT2D eigenvalue weighted by Gasteiger charge is -2.06. The van der Waals surface area contributed by atoms with Crippen LogP contribution >= 0.6 is 11.3 Å². The van der Waals surface area contributed by atoms with E-state index in [-0.39, 0.29) is 5.56 Å². The van der Waals surface area contributed by atoms with Crippen LogP contribution in [0, 0.1) is 0 Å². The average Bonchev–Trinajstić information content (AvgIpc) is 2.99. The number of nitrogens with one attached hydrogen (secondary N) is 1. The summed E-state index contributed by atoms with van der Waals surface area (Å²) in [6.07, 6.45) is 0. The highest BCUT2D eigenvalue weighted by Crippen LogP contribution is 2.32. The van der Waals surface area contributed by atoms with Crippen LogP contribution in [0.2, 0.25) is 0 Å². The molecule has 0 aliphatic rings. The Bertz CT molecular complexity index is 910. The second kappa shape index (κ2) is 6.26. The van der Waals surface area contributed by atoms with Crippen molar-refractivity contribution < 1.29 is 9.47 Å². The Kier molecular flexibility index (Phi) is 4.16. The Morgan fingerprint density at radius 3 is 2.74 bits per heavy atom. The molecule has 0 saturated carbocycles. The van der Waals surface area contributed by atoms with Gasteiger partial charge in [-0.1, -0.05) is 18.7 Å². The number of aromatic amines is 1. The lowest BCUT2D eigenvalue weighted by molar-refractivity contribution is 0.296. The summed E-state index contributed by atoms with van der Waals surface area (Å²) in [5, 5.41) is 2.51. The van der Waals surface area contributed by atoms with Crippen molar-refractivity contribution in [1.29, 1.82) is 0 Å². The molecule has 3 rings (SSSR count). The van der Waals surface area contributed by atoms with Crippen LogP contribution in [0.5, 0.6) is 5.75 Å². The average molecular weight is 328 g/mol. The number of H-pyrrole nitrogens is 1. The van der Waals surface area contributed by atoms with Gasteiger partial charge in [0.25, 0.3) is 5.56 Å². The van der Waals surface area contributed by atoms with Gasteiger partial charge < -0.3 is 14.5 Å². The van der Waals surface area contributed by atoms with Crippen LogP contribution in [0.1, 0.15) is 12.7 Å². The molecular weight excluding hydrogens is 312 g/mol. The Hall–Kier alpha value is -2.60. The third kappa shape index (κ3) is 2.85. The first kappa shape index (κ1) is 15.3. The Balaban J connectivity index is 2.10. The maximum absolute atomic E-state index is 12.5. The summed E-state index contributed by atoms with van der Waals surface area (Å²) >= 11 is 1.42. The van der Waals surface area contributed by atoms with Crippen molar-refractivity contribution in [2.75, 3.05) is 13.7 Å². The lowest BCUT2D eigenvalue weighted by Crippen LogP contribution is -2.11. The van der Waals surface area contributed by atoms with E-state index in [1.807, 2.05) is 36.6 Å². The number of fused-ring (bicyclic) bond motifs is 1. The Morgan fingerprint density at radius 1 is 1.35 bits per heavy atom. The summed E-state index contributed by atoms with van der Waals surface area (Å²) in [4.78, 5) is 20.3. The first-order chi connectivity index (χ1) is 11.1. The van der Waals surface area contributed by atoms with Gasteiger partial charge in [-0.3, -0.25) is 4.79 Å². The molecule has 0 unspecified atom stereocenters. The topological polar surface area (TPSA) is 64.2 Å². The maximum Gasteiger partial charge on any atom is 0.260 e. The summed E-state index contributed by atoms with van der Waals surface area (Å²) in [5.41, 5.74) is 1.61. The highest BCUT2D eigenvalue weighted by atomic mass is 32.1. The molecule has 23 heavy (non-hydrogen) atoms. The maximum atomic E-state index is 12.5. The number of aromatic nitrogens is 2. The minimum Gasteiger partial charge on any atom is -0.497 e. The first-order valence-electron chi connectivity index (χ1n) is 7.12. The third-order valence-electron chi connectivity index (χ3n) is 3.43. The zero-order valence-electron chi connectivity index (χ0n) is 12.9. The van der Waals surface area contributed by atoms with Crippen molar-refractivity contribution >= 4 is 27.3 Å². The van der Waals surface area contributed by atoms with Gasteiger partial charge in [-0.2, -0.15) is 0 Å². The largest absolute Gasteiger partial charge is 0.497 e. The minimum absolute atomic E-state index is 0.196. The number of nitrogens with zero attached hydrogens (tertiary/aromatic N) is 1. The normalized spacial score (nSPS) is 10.7. The van der Waals surface area contributed by atoms with Crippen LogP contribution in [-0.2, 0) is 4.74 Å². The molecule has 0 fully saturated rings. The number of hydrogen-bond acceptors (Lipinski definition) is 5. The smallest absolute Gasteiger partial charge is 0.260 e. The van der Waals surface area contributed by atoms with Crippen LogP contribution < -0.4 is 10.3 Å². The van der Waals surface area contributed by atoms with E-state index in [4.69, 9.17) is 9.47 Å². The molecule has 2 aromatic heterocycles. The lowest BCUT2D eigenvalue weighted by atomic mass is 10.1. The Labute approximate surface area is 137 Å². The summed E-state index contributed by atoms with van der Waals surface area (Å²) < 4.78 is 10.5. The quantitative estimate of drug-likeness (QED) is 0.726. The van der Waals surface area contributed by atoms with Crippen molar-refractivity contribution in [3.05, 3.63) is 52.4 Å². The van der Waals surface area contributed by atoms with E-state index in [9.17, 15) is 4.79 Å².